The number of aryl methyl sites for hydroxylation is 1. The van der Waals surface area contributed by atoms with Crippen molar-refractivity contribution in [3.8, 4) is 0 Å². The van der Waals surface area contributed by atoms with Crippen molar-refractivity contribution < 1.29 is 18.0 Å². The highest BCUT2D eigenvalue weighted by molar-refractivity contribution is 7.92. The van der Waals surface area contributed by atoms with Gasteiger partial charge in [0.2, 0.25) is 5.91 Å². The van der Waals surface area contributed by atoms with E-state index in [1.54, 1.807) is 12.1 Å². The summed E-state index contributed by atoms with van der Waals surface area (Å²) in [6.07, 6.45) is 0.676. The normalized spacial score (nSPS) is 10.8. The molecule has 2 rings (SSSR count). The fourth-order valence-corrected chi connectivity index (χ4v) is 3.41. The Morgan fingerprint density at radius 3 is 2.50 bits per heavy atom. The van der Waals surface area contributed by atoms with Gasteiger partial charge in [0.05, 0.1) is 10.6 Å². The highest BCUT2D eigenvalue weighted by Gasteiger charge is 2.16. The summed E-state index contributed by atoms with van der Waals surface area (Å²) in [6, 6.07) is 12.0. The first-order valence-electron chi connectivity index (χ1n) is 7.73. The van der Waals surface area contributed by atoms with E-state index in [-0.39, 0.29) is 16.5 Å². The molecule has 7 nitrogen and oxygen atoms in total. The van der Waals surface area contributed by atoms with Crippen molar-refractivity contribution in [3.05, 3.63) is 54.1 Å². The number of anilines is 2. The molecule has 0 atom stereocenters. The van der Waals surface area contributed by atoms with Crippen LogP contribution in [0.5, 0.6) is 0 Å². The summed E-state index contributed by atoms with van der Waals surface area (Å²) in [5, 5.41) is 4.39. The van der Waals surface area contributed by atoms with Gasteiger partial charge in [0.1, 0.15) is 5.88 Å². The van der Waals surface area contributed by atoms with Crippen molar-refractivity contribution in [1.82, 2.24) is 5.32 Å². The number of hydrogen-bond donors (Lipinski definition) is 3. The van der Waals surface area contributed by atoms with Crippen LogP contribution in [0.3, 0.4) is 0 Å². The summed E-state index contributed by atoms with van der Waals surface area (Å²) >= 11 is 5.31. The average molecular weight is 396 g/mol. The van der Waals surface area contributed by atoms with Gasteiger partial charge in [-0.1, -0.05) is 31.2 Å². The molecule has 0 aromatic heterocycles. The monoisotopic (exact) mass is 395 g/mol. The predicted octanol–water partition coefficient (Wildman–Crippen LogP) is 2.94. The number of para-hydroxylation sites is 1. The fourth-order valence-electron chi connectivity index (χ4n) is 2.20. The van der Waals surface area contributed by atoms with Crippen LogP contribution in [0, 0.1) is 0 Å². The van der Waals surface area contributed by atoms with Crippen molar-refractivity contribution in [2.75, 3.05) is 15.9 Å². The standard InChI is InChI=1S/C17H18ClN3O4S/c1-2-12-6-3-4-9-15(12)21-26(24,25)14-8-5-7-13(10-14)19-17(23)20-16(22)11-18/h3-10,21H,2,11H2,1H3,(H2,19,20,22,23). The molecule has 3 amide bonds. The first-order valence-corrected chi connectivity index (χ1v) is 9.75. The van der Waals surface area contributed by atoms with E-state index in [1.807, 2.05) is 24.4 Å². The molecule has 2 aromatic rings. The topological polar surface area (TPSA) is 104 Å². The molecule has 3 N–H and O–H groups in total. The number of halogens is 1. The zero-order valence-corrected chi connectivity index (χ0v) is 15.5. The lowest BCUT2D eigenvalue weighted by atomic mass is 10.1. The Labute approximate surface area is 156 Å². The summed E-state index contributed by atoms with van der Waals surface area (Å²) in [7, 11) is -3.84. The molecule has 0 unspecified atom stereocenters. The average Bonchev–Trinajstić information content (AvgIpc) is 2.62. The van der Waals surface area contributed by atoms with Crippen molar-refractivity contribution in [1.29, 1.82) is 0 Å². The molecule has 0 aliphatic heterocycles. The van der Waals surface area contributed by atoms with Crippen LogP contribution in [0.25, 0.3) is 0 Å². The number of carbonyl (C=O) groups is 2. The van der Waals surface area contributed by atoms with Crippen LogP contribution in [-0.4, -0.2) is 26.2 Å². The van der Waals surface area contributed by atoms with Crippen LogP contribution in [0.4, 0.5) is 16.2 Å². The van der Waals surface area contributed by atoms with Gasteiger partial charge in [-0.3, -0.25) is 14.8 Å². The number of carbonyl (C=O) groups excluding carboxylic acids is 2. The molecule has 138 valence electrons. The van der Waals surface area contributed by atoms with Gasteiger partial charge in [0.25, 0.3) is 10.0 Å². The van der Waals surface area contributed by atoms with E-state index in [2.05, 4.69) is 10.0 Å². The maximum atomic E-state index is 12.6. The van der Waals surface area contributed by atoms with Crippen molar-refractivity contribution in [2.24, 2.45) is 0 Å². The van der Waals surface area contributed by atoms with Gasteiger partial charge < -0.3 is 5.32 Å². The Morgan fingerprint density at radius 2 is 1.81 bits per heavy atom. The van der Waals surface area contributed by atoms with E-state index in [0.717, 1.165) is 5.56 Å². The van der Waals surface area contributed by atoms with Crippen molar-refractivity contribution in [3.63, 3.8) is 0 Å². The van der Waals surface area contributed by atoms with Gasteiger partial charge in [-0.15, -0.1) is 11.6 Å². The Kier molecular flexibility index (Phi) is 6.59. The Balaban J connectivity index is 2.20. The van der Waals surface area contributed by atoms with E-state index < -0.39 is 22.0 Å². The first kappa shape index (κ1) is 19.7. The number of hydrogen-bond acceptors (Lipinski definition) is 4. The molecule has 0 saturated carbocycles. The molecule has 26 heavy (non-hydrogen) atoms. The van der Waals surface area contributed by atoms with Gasteiger partial charge in [0, 0.05) is 5.69 Å². The maximum Gasteiger partial charge on any atom is 0.325 e. The molecule has 0 heterocycles. The quantitative estimate of drug-likeness (QED) is 0.654. The van der Waals surface area contributed by atoms with Crippen LogP contribution in [-0.2, 0) is 21.2 Å². The highest BCUT2D eigenvalue weighted by Crippen LogP contribution is 2.22. The van der Waals surface area contributed by atoms with E-state index in [1.165, 1.54) is 24.3 Å². The van der Waals surface area contributed by atoms with Crippen LogP contribution in [0.2, 0.25) is 0 Å². The molecular formula is C17H18ClN3O4S. The van der Waals surface area contributed by atoms with Gasteiger partial charge in [-0.05, 0) is 36.2 Å². The minimum atomic E-state index is -3.84. The number of amides is 3. The molecule has 0 aliphatic carbocycles. The summed E-state index contributed by atoms with van der Waals surface area (Å²) in [6.45, 7) is 1.93. The Morgan fingerprint density at radius 1 is 1.08 bits per heavy atom. The third-order valence-electron chi connectivity index (χ3n) is 3.42. The Hall–Kier alpha value is -2.58. The van der Waals surface area contributed by atoms with E-state index in [9.17, 15) is 18.0 Å². The van der Waals surface area contributed by atoms with Crippen molar-refractivity contribution >= 4 is 44.9 Å². The number of rotatable bonds is 6. The second kappa shape index (κ2) is 8.68. The number of benzene rings is 2. The zero-order valence-electron chi connectivity index (χ0n) is 14.0. The lowest BCUT2D eigenvalue weighted by molar-refractivity contribution is -0.117. The molecule has 9 heteroatoms. The van der Waals surface area contributed by atoms with Crippen LogP contribution in [0.15, 0.2) is 53.4 Å². The second-order valence-electron chi connectivity index (χ2n) is 5.28. The molecule has 0 saturated heterocycles. The van der Waals surface area contributed by atoms with Gasteiger partial charge in [-0.2, -0.15) is 0 Å². The molecule has 0 spiro atoms. The van der Waals surface area contributed by atoms with Gasteiger partial charge in [-0.25, -0.2) is 13.2 Å². The molecule has 2 aromatic carbocycles. The number of nitrogens with one attached hydrogen (secondary N) is 3. The predicted molar refractivity (Wildman–Crippen MR) is 101 cm³/mol. The summed E-state index contributed by atoms with van der Waals surface area (Å²) < 4.78 is 27.8. The fraction of sp³-hybridized carbons (Fsp3) is 0.176. The Bertz CT molecular complexity index is 916. The number of urea groups is 1. The van der Waals surface area contributed by atoms with Crippen LogP contribution >= 0.6 is 11.6 Å². The number of imide groups is 1. The molecule has 0 fully saturated rings. The van der Waals surface area contributed by atoms with E-state index in [0.29, 0.717) is 12.1 Å². The molecule has 0 radical (unpaired) electrons. The lowest BCUT2D eigenvalue weighted by Gasteiger charge is -2.12. The zero-order chi connectivity index (χ0) is 19.2. The molecule has 0 bridgehead atoms. The lowest BCUT2D eigenvalue weighted by Crippen LogP contribution is -2.35. The number of sulfonamides is 1. The van der Waals surface area contributed by atoms with Gasteiger partial charge in [0.15, 0.2) is 0 Å². The molecular weight excluding hydrogens is 378 g/mol. The third-order valence-corrected chi connectivity index (χ3v) is 5.03. The van der Waals surface area contributed by atoms with Crippen molar-refractivity contribution in [2.45, 2.75) is 18.2 Å². The first-order chi connectivity index (χ1) is 12.4. The van der Waals surface area contributed by atoms with Crippen LogP contribution < -0.4 is 15.4 Å². The second-order valence-corrected chi connectivity index (χ2v) is 7.23. The summed E-state index contributed by atoms with van der Waals surface area (Å²) in [5.41, 5.74) is 1.58. The maximum absolute atomic E-state index is 12.6. The number of alkyl halides is 1. The third kappa shape index (κ3) is 5.21. The smallest absolute Gasteiger partial charge is 0.308 e. The summed E-state index contributed by atoms with van der Waals surface area (Å²) in [4.78, 5) is 22.7. The SMILES string of the molecule is CCc1ccccc1NS(=O)(=O)c1cccc(NC(=O)NC(=O)CCl)c1. The van der Waals surface area contributed by atoms with E-state index >= 15 is 0 Å². The highest BCUT2D eigenvalue weighted by atomic mass is 35.5. The summed E-state index contributed by atoms with van der Waals surface area (Å²) in [5.74, 6) is -1.02. The molecule has 0 aliphatic rings. The van der Waals surface area contributed by atoms with E-state index in [4.69, 9.17) is 11.6 Å². The van der Waals surface area contributed by atoms with Gasteiger partial charge >= 0.3 is 6.03 Å². The van der Waals surface area contributed by atoms with Crippen LogP contribution in [0.1, 0.15) is 12.5 Å². The minimum Gasteiger partial charge on any atom is -0.308 e. The minimum absolute atomic E-state index is 0.0233. The largest absolute Gasteiger partial charge is 0.325 e.